The average Bonchev–Trinajstić information content (AvgIpc) is 3.11. The number of morpholine rings is 1. The third-order valence-electron chi connectivity index (χ3n) is 5.67. The quantitative estimate of drug-likeness (QED) is 0.842. The zero-order chi connectivity index (χ0) is 20.8. The van der Waals surface area contributed by atoms with Crippen molar-refractivity contribution < 1.29 is 23.0 Å². The molecule has 156 valence electrons. The van der Waals surface area contributed by atoms with Crippen molar-refractivity contribution in [2.45, 2.75) is 32.2 Å². The number of alkyl halides is 3. The molecule has 3 heterocycles. The highest BCUT2D eigenvalue weighted by atomic mass is 19.4. The molecule has 0 amide bonds. The van der Waals surface area contributed by atoms with Crippen LogP contribution in [0.3, 0.4) is 0 Å². The Labute approximate surface area is 166 Å². The summed E-state index contributed by atoms with van der Waals surface area (Å²) in [4.78, 5) is 4.51. The predicted molar refractivity (Wildman–Crippen MR) is 102 cm³/mol. The number of rotatable bonds is 3. The smallest absolute Gasteiger partial charge is 0.416 e. The molecule has 2 saturated heterocycles. The number of halogens is 3. The summed E-state index contributed by atoms with van der Waals surface area (Å²) >= 11 is 0. The summed E-state index contributed by atoms with van der Waals surface area (Å²) < 4.78 is 44.7. The van der Waals surface area contributed by atoms with E-state index in [2.05, 4.69) is 26.9 Å². The molecule has 2 aliphatic heterocycles. The summed E-state index contributed by atoms with van der Waals surface area (Å²) in [7, 11) is 0. The number of fused-ring (bicyclic) bond motifs is 1. The van der Waals surface area contributed by atoms with E-state index in [4.69, 9.17) is 4.74 Å². The first-order chi connectivity index (χ1) is 13.8. The van der Waals surface area contributed by atoms with Gasteiger partial charge in [-0.25, -0.2) is 0 Å². The molecule has 1 aromatic carbocycles. The highest BCUT2D eigenvalue weighted by Crippen LogP contribution is 2.38. The number of nitrogens with zero attached hydrogens (tertiary/aromatic N) is 4. The van der Waals surface area contributed by atoms with Crippen LogP contribution in [0.4, 0.5) is 19.0 Å². The average molecular weight is 408 g/mol. The lowest BCUT2D eigenvalue weighted by molar-refractivity contribution is -0.137. The number of hydrogen-bond donors (Lipinski definition) is 1. The Morgan fingerprint density at radius 3 is 2.62 bits per heavy atom. The van der Waals surface area contributed by atoms with Gasteiger partial charge in [-0.05, 0) is 43.3 Å². The molecule has 9 heteroatoms. The van der Waals surface area contributed by atoms with Gasteiger partial charge in [-0.2, -0.15) is 13.2 Å². The second-order valence-electron chi connectivity index (χ2n) is 7.48. The molecule has 2 aromatic rings. The Bertz CT molecular complexity index is 865. The van der Waals surface area contributed by atoms with Crippen LogP contribution in [0.15, 0.2) is 24.3 Å². The van der Waals surface area contributed by atoms with Crippen LogP contribution in [0.2, 0.25) is 0 Å². The third-order valence-corrected chi connectivity index (χ3v) is 5.67. The van der Waals surface area contributed by atoms with Crippen molar-refractivity contribution in [1.29, 1.82) is 0 Å². The molecule has 0 saturated carbocycles. The fraction of sp³-hybridized carbons (Fsp3) is 0.500. The van der Waals surface area contributed by atoms with Crippen molar-refractivity contribution in [3.8, 4) is 17.0 Å². The van der Waals surface area contributed by atoms with Crippen molar-refractivity contribution in [1.82, 2.24) is 15.1 Å². The Morgan fingerprint density at radius 2 is 2.00 bits per heavy atom. The second kappa shape index (κ2) is 7.46. The first-order valence-corrected chi connectivity index (χ1v) is 9.63. The molecule has 2 atom stereocenters. The molecule has 0 bridgehead atoms. The summed E-state index contributed by atoms with van der Waals surface area (Å²) in [5.74, 6) is 0.245. The molecule has 6 nitrogen and oxygen atoms in total. The van der Waals surface area contributed by atoms with E-state index in [1.54, 1.807) is 12.1 Å². The zero-order valence-electron chi connectivity index (χ0n) is 16.3. The van der Waals surface area contributed by atoms with Gasteiger partial charge in [0, 0.05) is 25.2 Å². The number of likely N-dealkylation sites (tertiary alicyclic amines) is 1. The summed E-state index contributed by atoms with van der Waals surface area (Å²) in [6, 6.07) is 5.42. The molecular formula is C20H23F3N4O2. The first kappa shape index (κ1) is 19.9. The maximum Gasteiger partial charge on any atom is 0.416 e. The zero-order valence-corrected chi connectivity index (χ0v) is 16.3. The van der Waals surface area contributed by atoms with Gasteiger partial charge in [-0.15, -0.1) is 10.2 Å². The van der Waals surface area contributed by atoms with E-state index in [0.717, 1.165) is 31.8 Å². The van der Waals surface area contributed by atoms with Gasteiger partial charge in [0.1, 0.15) is 5.75 Å². The summed E-state index contributed by atoms with van der Waals surface area (Å²) in [5.41, 5.74) is 0.000843. The Kier molecular flexibility index (Phi) is 5.12. The van der Waals surface area contributed by atoms with Gasteiger partial charge in [-0.1, -0.05) is 6.92 Å². The molecule has 4 rings (SSSR count). The molecular weight excluding hydrogens is 385 g/mol. The fourth-order valence-corrected chi connectivity index (χ4v) is 4.18. The monoisotopic (exact) mass is 408 g/mol. The standard InChI is InChI=1S/C20H23F3N4O2/c1-3-26-10-15-17(11-26)29-7-6-27(15)18-5-4-14(24-25-18)19-12(2)8-13(9-16(19)28)20(21,22)23/h4-5,8-9,15,17,28H,3,6-7,10-11H2,1-2H3. The van der Waals surface area contributed by atoms with E-state index in [1.807, 2.05) is 0 Å². The normalized spacial score (nSPS) is 22.7. The molecule has 2 unspecified atom stereocenters. The third kappa shape index (κ3) is 3.76. The van der Waals surface area contributed by atoms with E-state index < -0.39 is 17.5 Å². The molecule has 0 aliphatic carbocycles. The van der Waals surface area contributed by atoms with Gasteiger partial charge in [0.05, 0.1) is 30.0 Å². The minimum Gasteiger partial charge on any atom is -0.507 e. The largest absolute Gasteiger partial charge is 0.507 e. The van der Waals surface area contributed by atoms with E-state index in [-0.39, 0.29) is 17.7 Å². The Hall–Kier alpha value is -2.39. The second-order valence-corrected chi connectivity index (χ2v) is 7.48. The van der Waals surface area contributed by atoms with Crippen LogP contribution in [0.5, 0.6) is 5.75 Å². The lowest BCUT2D eigenvalue weighted by Crippen LogP contribution is -2.51. The molecule has 0 spiro atoms. The Balaban J connectivity index is 1.60. The minimum absolute atomic E-state index is 0.131. The number of aromatic nitrogens is 2. The minimum atomic E-state index is -4.52. The number of aromatic hydroxyl groups is 1. The van der Waals surface area contributed by atoms with E-state index in [0.29, 0.717) is 30.2 Å². The summed E-state index contributed by atoms with van der Waals surface area (Å²) in [6.07, 6.45) is -4.39. The molecule has 2 fully saturated rings. The molecule has 2 aliphatic rings. The SMILES string of the molecule is CCN1CC2OCCN(c3ccc(-c4c(C)cc(C(F)(F)F)cc4O)nn3)C2C1. The van der Waals surface area contributed by atoms with Crippen molar-refractivity contribution >= 4 is 5.82 Å². The maximum atomic E-state index is 12.9. The van der Waals surface area contributed by atoms with Crippen LogP contribution in [0, 0.1) is 6.92 Å². The van der Waals surface area contributed by atoms with Gasteiger partial charge < -0.3 is 14.7 Å². The van der Waals surface area contributed by atoms with E-state index in [9.17, 15) is 18.3 Å². The lowest BCUT2D eigenvalue weighted by atomic mass is 10.0. The van der Waals surface area contributed by atoms with Crippen molar-refractivity contribution in [2.24, 2.45) is 0 Å². The number of anilines is 1. The predicted octanol–water partition coefficient (Wildman–Crippen LogP) is 3.09. The number of aryl methyl sites for hydroxylation is 1. The van der Waals surface area contributed by atoms with Crippen LogP contribution in [0.1, 0.15) is 18.1 Å². The molecule has 29 heavy (non-hydrogen) atoms. The highest BCUT2D eigenvalue weighted by Gasteiger charge is 2.40. The summed E-state index contributed by atoms with van der Waals surface area (Å²) in [6.45, 7) is 7.70. The van der Waals surface area contributed by atoms with Crippen LogP contribution in [-0.2, 0) is 10.9 Å². The number of ether oxygens (including phenoxy) is 1. The maximum absolute atomic E-state index is 12.9. The Morgan fingerprint density at radius 1 is 1.21 bits per heavy atom. The molecule has 1 N–H and O–H groups in total. The van der Waals surface area contributed by atoms with Crippen molar-refractivity contribution in [2.75, 3.05) is 37.7 Å². The van der Waals surface area contributed by atoms with E-state index in [1.165, 1.54) is 6.92 Å². The topological polar surface area (TPSA) is 61.7 Å². The van der Waals surface area contributed by atoms with Crippen LogP contribution in [-0.4, -0.2) is 65.1 Å². The number of hydrogen-bond acceptors (Lipinski definition) is 6. The van der Waals surface area contributed by atoms with Gasteiger partial charge >= 0.3 is 6.18 Å². The van der Waals surface area contributed by atoms with Gasteiger partial charge in [-0.3, -0.25) is 4.90 Å². The van der Waals surface area contributed by atoms with Gasteiger partial charge in [0.25, 0.3) is 0 Å². The summed E-state index contributed by atoms with van der Waals surface area (Å²) in [5, 5.41) is 18.7. The van der Waals surface area contributed by atoms with Crippen LogP contribution in [0.25, 0.3) is 11.3 Å². The van der Waals surface area contributed by atoms with Crippen molar-refractivity contribution in [3.63, 3.8) is 0 Å². The van der Waals surface area contributed by atoms with Crippen LogP contribution >= 0.6 is 0 Å². The lowest BCUT2D eigenvalue weighted by Gasteiger charge is -2.37. The molecule has 0 radical (unpaired) electrons. The van der Waals surface area contributed by atoms with Gasteiger partial charge in [0.15, 0.2) is 5.82 Å². The number of phenolic OH excluding ortho intramolecular Hbond substituents is 1. The van der Waals surface area contributed by atoms with Gasteiger partial charge in [0.2, 0.25) is 0 Å². The highest BCUT2D eigenvalue weighted by molar-refractivity contribution is 5.71. The number of phenols is 1. The van der Waals surface area contributed by atoms with E-state index >= 15 is 0 Å². The number of benzene rings is 1. The number of likely N-dealkylation sites (N-methyl/N-ethyl adjacent to an activating group) is 1. The fourth-order valence-electron chi connectivity index (χ4n) is 4.18. The first-order valence-electron chi connectivity index (χ1n) is 9.63. The molecule has 1 aromatic heterocycles. The van der Waals surface area contributed by atoms with Crippen molar-refractivity contribution in [3.05, 3.63) is 35.4 Å². The van der Waals surface area contributed by atoms with Crippen LogP contribution < -0.4 is 4.90 Å².